The van der Waals surface area contributed by atoms with Gasteiger partial charge in [0.05, 0.1) is 11.5 Å². The molecule has 0 aliphatic heterocycles. The van der Waals surface area contributed by atoms with Crippen LogP contribution in [0.25, 0.3) is 0 Å². The summed E-state index contributed by atoms with van der Waals surface area (Å²) in [6.07, 6.45) is 6.33. The molecule has 1 unspecified atom stereocenters. The number of aromatic hydroxyl groups is 2. The fourth-order valence-electron chi connectivity index (χ4n) is 4.75. The zero-order chi connectivity index (χ0) is 30.6. The van der Waals surface area contributed by atoms with E-state index in [0.29, 0.717) is 43.6 Å². The highest BCUT2D eigenvalue weighted by atomic mass is 32.2. The van der Waals surface area contributed by atoms with Crippen LogP contribution >= 0.6 is 0 Å². The van der Waals surface area contributed by atoms with Gasteiger partial charge in [0.1, 0.15) is 0 Å². The van der Waals surface area contributed by atoms with Gasteiger partial charge in [-0.25, -0.2) is 4.79 Å². The number of ether oxygens (including phenoxy) is 1. The highest BCUT2D eigenvalue weighted by molar-refractivity contribution is 7.85. The van der Waals surface area contributed by atoms with E-state index >= 15 is 0 Å². The molecule has 1 aromatic carbocycles. The average Bonchev–Trinajstić information content (AvgIpc) is 3.23. The van der Waals surface area contributed by atoms with E-state index in [4.69, 9.17) is 9.57 Å². The zero-order valence-electron chi connectivity index (χ0n) is 24.5. The summed E-state index contributed by atoms with van der Waals surface area (Å²) in [6.45, 7) is 6.96. The van der Waals surface area contributed by atoms with Gasteiger partial charge in [0.15, 0.2) is 0 Å². The van der Waals surface area contributed by atoms with Crippen LogP contribution in [0, 0.1) is 0 Å². The van der Waals surface area contributed by atoms with E-state index in [1.807, 2.05) is 14.0 Å². The van der Waals surface area contributed by atoms with Gasteiger partial charge in [-0.05, 0) is 68.2 Å². The SMILES string of the molecule is CCOC(=O)CCCCCN(C)c1ccc(S(=O)(=O)O)cc1C(C)(CC)CCCCCC(=O)On1c(O)ccc1O. The maximum absolute atomic E-state index is 12.1. The third kappa shape index (κ3) is 10.3. The molecule has 0 saturated heterocycles. The Kier molecular flexibility index (Phi) is 13.0. The van der Waals surface area contributed by atoms with Crippen LogP contribution in [0.5, 0.6) is 11.8 Å². The fraction of sp³-hybridized carbons (Fsp3) is 0.586. The Morgan fingerprint density at radius 3 is 2.12 bits per heavy atom. The molecule has 0 spiro atoms. The van der Waals surface area contributed by atoms with Crippen molar-refractivity contribution < 1.29 is 42.3 Å². The largest absolute Gasteiger partial charge is 0.492 e. The Balaban J connectivity index is 2.03. The molecule has 2 rings (SSSR count). The first-order valence-corrected chi connectivity index (χ1v) is 15.6. The molecule has 2 aromatic rings. The van der Waals surface area contributed by atoms with Crippen LogP contribution in [0.15, 0.2) is 35.2 Å². The molecule has 3 N–H and O–H groups in total. The summed E-state index contributed by atoms with van der Waals surface area (Å²) in [5.74, 6) is -1.53. The van der Waals surface area contributed by atoms with Gasteiger partial charge in [-0.3, -0.25) is 9.35 Å². The molecule has 41 heavy (non-hydrogen) atoms. The molecule has 0 saturated carbocycles. The highest BCUT2D eigenvalue weighted by Crippen LogP contribution is 2.40. The van der Waals surface area contributed by atoms with Gasteiger partial charge >= 0.3 is 11.9 Å². The van der Waals surface area contributed by atoms with Crippen molar-refractivity contribution in [2.45, 2.75) is 95.3 Å². The van der Waals surface area contributed by atoms with Crippen molar-refractivity contribution in [2.24, 2.45) is 0 Å². The average molecular weight is 597 g/mol. The fourth-order valence-corrected chi connectivity index (χ4v) is 5.25. The number of nitrogens with zero attached hydrogens (tertiary/aromatic N) is 2. The van der Waals surface area contributed by atoms with E-state index in [1.165, 1.54) is 18.2 Å². The van der Waals surface area contributed by atoms with E-state index in [9.17, 15) is 32.8 Å². The molecule has 1 aromatic heterocycles. The van der Waals surface area contributed by atoms with Gasteiger partial charge in [-0.2, -0.15) is 8.42 Å². The minimum Gasteiger partial charge on any atom is -0.492 e. The first-order valence-electron chi connectivity index (χ1n) is 14.1. The zero-order valence-corrected chi connectivity index (χ0v) is 25.3. The Bertz CT molecular complexity index is 1240. The van der Waals surface area contributed by atoms with Gasteiger partial charge in [0, 0.05) is 44.3 Å². The van der Waals surface area contributed by atoms with Crippen LogP contribution in [0.1, 0.15) is 90.5 Å². The topological polar surface area (TPSA) is 156 Å². The van der Waals surface area contributed by atoms with Crippen LogP contribution in [-0.4, -0.2) is 60.1 Å². The number of carbonyl (C=O) groups is 2. The minimum absolute atomic E-state index is 0.0995. The molecule has 0 fully saturated rings. The number of unbranched alkanes of at least 4 members (excludes halogenated alkanes) is 4. The summed E-state index contributed by atoms with van der Waals surface area (Å²) >= 11 is 0. The van der Waals surface area contributed by atoms with Crippen molar-refractivity contribution in [3.8, 4) is 11.8 Å². The van der Waals surface area contributed by atoms with Gasteiger partial charge < -0.3 is 24.7 Å². The number of esters is 1. The van der Waals surface area contributed by atoms with E-state index in [-0.39, 0.29) is 29.0 Å². The summed E-state index contributed by atoms with van der Waals surface area (Å²) in [7, 11) is -2.45. The van der Waals surface area contributed by atoms with Crippen molar-refractivity contribution in [1.29, 1.82) is 0 Å². The second kappa shape index (κ2) is 15.7. The number of anilines is 1. The van der Waals surface area contributed by atoms with Crippen molar-refractivity contribution in [2.75, 3.05) is 25.1 Å². The smallest absolute Gasteiger partial charge is 0.333 e. The lowest BCUT2D eigenvalue weighted by Gasteiger charge is -2.34. The predicted octanol–water partition coefficient (Wildman–Crippen LogP) is 4.98. The predicted molar refractivity (Wildman–Crippen MR) is 155 cm³/mol. The van der Waals surface area contributed by atoms with Crippen LogP contribution < -0.4 is 9.74 Å². The molecule has 1 atom stereocenters. The molecule has 230 valence electrons. The number of rotatable bonds is 18. The van der Waals surface area contributed by atoms with Gasteiger partial charge in [0.2, 0.25) is 11.8 Å². The van der Waals surface area contributed by atoms with E-state index in [2.05, 4.69) is 11.8 Å². The molecule has 1 heterocycles. The van der Waals surface area contributed by atoms with Crippen LogP contribution in [-0.2, 0) is 29.9 Å². The summed E-state index contributed by atoms with van der Waals surface area (Å²) in [5, 5.41) is 19.2. The maximum Gasteiger partial charge on any atom is 0.333 e. The van der Waals surface area contributed by atoms with Crippen molar-refractivity contribution >= 4 is 27.7 Å². The summed E-state index contributed by atoms with van der Waals surface area (Å²) < 4.78 is 39.3. The lowest BCUT2D eigenvalue weighted by Crippen LogP contribution is -2.28. The monoisotopic (exact) mass is 596 g/mol. The Labute approximate surface area is 242 Å². The lowest BCUT2D eigenvalue weighted by atomic mass is 9.75. The second-order valence-corrected chi connectivity index (χ2v) is 11.9. The summed E-state index contributed by atoms with van der Waals surface area (Å²) in [6, 6.07) is 7.12. The number of carbonyl (C=O) groups excluding carboxylic acids is 2. The molecular weight excluding hydrogens is 552 g/mol. The molecule has 11 nitrogen and oxygen atoms in total. The standard InChI is InChI=1S/C29H44N2O9S/c1-5-29(3,19-11-7-9-14-28(35)40-31-25(32)17-18-26(31)33)23-21-22(41(36,37)38)15-16-24(23)30(4)20-12-8-10-13-27(34)39-6-2/h15-18,21,32-33H,5-14,19-20H2,1-4H3,(H,36,37,38). The number of hydrogen-bond donors (Lipinski definition) is 3. The van der Waals surface area contributed by atoms with Crippen LogP contribution in [0.3, 0.4) is 0 Å². The van der Waals surface area contributed by atoms with E-state index in [0.717, 1.165) is 43.4 Å². The molecule has 0 bridgehead atoms. The first-order chi connectivity index (χ1) is 19.3. The van der Waals surface area contributed by atoms with Crippen LogP contribution in [0.2, 0.25) is 0 Å². The number of aromatic nitrogens is 1. The lowest BCUT2D eigenvalue weighted by molar-refractivity contribution is -0.145. The Morgan fingerprint density at radius 2 is 1.54 bits per heavy atom. The molecule has 0 radical (unpaired) electrons. The highest BCUT2D eigenvalue weighted by Gasteiger charge is 2.30. The molecule has 12 heteroatoms. The van der Waals surface area contributed by atoms with E-state index < -0.39 is 21.5 Å². The van der Waals surface area contributed by atoms with Crippen LogP contribution in [0.4, 0.5) is 5.69 Å². The maximum atomic E-state index is 12.1. The molecule has 0 aliphatic rings. The summed E-state index contributed by atoms with van der Waals surface area (Å²) in [4.78, 5) is 30.6. The second-order valence-electron chi connectivity index (χ2n) is 10.5. The minimum atomic E-state index is -4.39. The Morgan fingerprint density at radius 1 is 0.927 bits per heavy atom. The van der Waals surface area contributed by atoms with Gasteiger partial charge in [0.25, 0.3) is 10.1 Å². The molecular formula is C29H44N2O9S. The summed E-state index contributed by atoms with van der Waals surface area (Å²) in [5.41, 5.74) is 1.29. The molecule has 0 aliphatic carbocycles. The van der Waals surface area contributed by atoms with Crippen molar-refractivity contribution in [1.82, 2.24) is 4.73 Å². The van der Waals surface area contributed by atoms with Crippen molar-refractivity contribution in [3.05, 3.63) is 35.9 Å². The number of benzene rings is 1. The Hall–Kier alpha value is -3.25. The third-order valence-electron chi connectivity index (χ3n) is 7.39. The van der Waals surface area contributed by atoms with Gasteiger partial charge in [-0.15, -0.1) is 4.73 Å². The third-order valence-corrected chi connectivity index (χ3v) is 8.24. The first kappa shape index (κ1) is 34.0. The quantitative estimate of drug-likeness (QED) is 0.122. The normalized spacial score (nSPS) is 13.0. The number of hydrogen-bond acceptors (Lipinski definition) is 9. The molecule has 0 amide bonds. The van der Waals surface area contributed by atoms with E-state index in [1.54, 1.807) is 19.1 Å². The van der Waals surface area contributed by atoms with Crippen molar-refractivity contribution in [3.63, 3.8) is 0 Å². The van der Waals surface area contributed by atoms with Gasteiger partial charge in [-0.1, -0.05) is 33.1 Å².